The van der Waals surface area contributed by atoms with Crippen LogP contribution in [-0.2, 0) is 0 Å². The molecule has 0 aliphatic rings. The minimum atomic E-state index is -0.592. The van der Waals surface area contributed by atoms with Gasteiger partial charge in [-0.3, -0.25) is 4.79 Å². The highest BCUT2D eigenvalue weighted by molar-refractivity contribution is 5.94. The topological polar surface area (TPSA) is 61.8 Å². The molecule has 0 saturated heterocycles. The number of ether oxygens (including phenoxy) is 1. The maximum absolute atomic E-state index is 11.3. The van der Waals surface area contributed by atoms with Gasteiger partial charge in [0.05, 0.1) is 0 Å². The molecule has 1 unspecified atom stereocenters. The van der Waals surface area contributed by atoms with Gasteiger partial charge in [0.2, 0.25) is 0 Å². The third-order valence-corrected chi connectivity index (χ3v) is 3.41. The van der Waals surface area contributed by atoms with Gasteiger partial charge in [0.15, 0.2) is 5.78 Å². The minimum Gasteiger partial charge on any atom is -0.491 e. The lowest BCUT2D eigenvalue weighted by Crippen LogP contribution is -2.41. The molecule has 0 fully saturated rings. The van der Waals surface area contributed by atoms with Crippen LogP contribution in [0.5, 0.6) is 5.75 Å². The zero-order valence-electron chi connectivity index (χ0n) is 14.9. The van der Waals surface area contributed by atoms with E-state index in [4.69, 9.17) is 4.74 Å². The maximum atomic E-state index is 11.3. The second kappa shape index (κ2) is 9.01. The molecule has 1 aromatic rings. The van der Waals surface area contributed by atoms with E-state index in [1.54, 1.807) is 24.3 Å². The maximum Gasteiger partial charge on any atom is 0.159 e. The number of nitrogens with one attached hydrogen (secondary N) is 1. The summed E-state index contributed by atoms with van der Waals surface area (Å²) in [5.41, 5.74) is 0.750. The lowest BCUT2D eigenvalue weighted by molar-refractivity contribution is 0.100. The van der Waals surface area contributed by atoms with E-state index >= 15 is 0 Å². The van der Waals surface area contributed by atoms with E-state index in [-0.39, 0.29) is 17.8 Å². The fraction of sp³-hybridized carbons (Fsp3) is 0.611. The van der Waals surface area contributed by atoms with Crippen LogP contribution in [0.15, 0.2) is 24.3 Å². The zero-order valence-corrected chi connectivity index (χ0v) is 14.9. The van der Waals surface area contributed by atoms with Gasteiger partial charge >= 0.3 is 0 Å². The lowest BCUT2D eigenvalue weighted by atomic mass is 9.93. The Kier molecular flexibility index (Phi) is 7.68. The fourth-order valence-corrected chi connectivity index (χ4v) is 2.55. The van der Waals surface area contributed by atoms with Crippen molar-refractivity contribution in [1.29, 1.82) is 0 Å². The molecule has 2 N–H and O–H groups in total. The molecule has 0 aromatic heterocycles. The molecule has 0 heterocycles. The number of hydrogen-bond donors (Lipinski definition) is 2. The van der Waals surface area contributed by atoms with E-state index in [9.17, 15) is 9.90 Å². The molecular formula is C18H30N2O3. The quantitative estimate of drug-likeness (QED) is 0.643. The molecule has 0 radical (unpaired) electrons. The second-order valence-corrected chi connectivity index (χ2v) is 7.08. The summed E-state index contributed by atoms with van der Waals surface area (Å²) in [5, 5.41) is 13.3. The van der Waals surface area contributed by atoms with Crippen molar-refractivity contribution in [3.63, 3.8) is 0 Å². The van der Waals surface area contributed by atoms with Gasteiger partial charge in [-0.15, -0.1) is 0 Å². The van der Waals surface area contributed by atoms with Crippen molar-refractivity contribution in [3.8, 4) is 5.75 Å². The summed E-state index contributed by atoms with van der Waals surface area (Å²) in [7, 11) is 4.11. The van der Waals surface area contributed by atoms with E-state index in [0.717, 1.165) is 13.1 Å². The first-order valence-corrected chi connectivity index (χ1v) is 7.97. The SMILES string of the molecule is CC(=O)c1cccc(OCC(O)CNCC(C)(C)CN(C)C)c1. The predicted molar refractivity (Wildman–Crippen MR) is 93.2 cm³/mol. The molecule has 5 heteroatoms. The van der Waals surface area contributed by atoms with Crippen molar-refractivity contribution in [1.82, 2.24) is 10.2 Å². The molecule has 5 nitrogen and oxygen atoms in total. The Morgan fingerprint density at radius 1 is 1.39 bits per heavy atom. The summed E-state index contributed by atoms with van der Waals surface area (Å²) >= 11 is 0. The van der Waals surface area contributed by atoms with Gasteiger partial charge in [-0.25, -0.2) is 0 Å². The number of aliphatic hydroxyl groups excluding tert-OH is 1. The lowest BCUT2D eigenvalue weighted by Gasteiger charge is -2.29. The number of rotatable bonds is 10. The molecule has 0 spiro atoms. The summed E-state index contributed by atoms with van der Waals surface area (Å²) < 4.78 is 5.56. The van der Waals surface area contributed by atoms with E-state index in [1.807, 2.05) is 0 Å². The molecule has 1 rings (SSSR count). The van der Waals surface area contributed by atoms with Crippen LogP contribution >= 0.6 is 0 Å². The van der Waals surface area contributed by atoms with Crippen LogP contribution in [0.4, 0.5) is 0 Å². The highest BCUT2D eigenvalue weighted by Crippen LogP contribution is 2.15. The Bertz CT molecular complexity index is 501. The normalized spacial score (nSPS) is 13.2. The van der Waals surface area contributed by atoms with Gasteiger partial charge in [0.1, 0.15) is 18.5 Å². The summed E-state index contributed by atoms with van der Waals surface area (Å²) in [6.45, 7) is 8.37. The van der Waals surface area contributed by atoms with Gasteiger partial charge in [-0.1, -0.05) is 26.0 Å². The number of benzene rings is 1. The van der Waals surface area contributed by atoms with E-state index < -0.39 is 6.10 Å². The molecule has 130 valence electrons. The molecule has 0 amide bonds. The smallest absolute Gasteiger partial charge is 0.159 e. The second-order valence-electron chi connectivity index (χ2n) is 7.08. The molecule has 0 aliphatic carbocycles. The van der Waals surface area contributed by atoms with Crippen LogP contribution in [0.2, 0.25) is 0 Å². The summed E-state index contributed by atoms with van der Waals surface area (Å²) in [6.07, 6.45) is -0.592. The van der Waals surface area contributed by atoms with Crippen molar-refractivity contribution >= 4 is 5.78 Å². The van der Waals surface area contributed by atoms with E-state index in [1.165, 1.54) is 6.92 Å². The van der Waals surface area contributed by atoms with Crippen molar-refractivity contribution < 1.29 is 14.6 Å². The number of nitrogens with zero attached hydrogens (tertiary/aromatic N) is 1. The molecule has 0 saturated carbocycles. The first-order chi connectivity index (χ1) is 10.7. The average molecular weight is 322 g/mol. The highest BCUT2D eigenvalue weighted by Gasteiger charge is 2.18. The van der Waals surface area contributed by atoms with Crippen LogP contribution in [-0.4, -0.2) is 62.2 Å². The first kappa shape index (κ1) is 19.6. The Balaban J connectivity index is 2.33. The van der Waals surface area contributed by atoms with Gasteiger partial charge in [-0.2, -0.15) is 0 Å². The van der Waals surface area contributed by atoms with Crippen LogP contribution in [0.1, 0.15) is 31.1 Å². The standard InChI is InChI=1S/C18H30N2O3/c1-14(21)15-7-6-8-17(9-15)23-11-16(22)10-19-12-18(2,3)13-20(4)5/h6-9,16,19,22H,10-13H2,1-5H3. The summed E-state index contributed by atoms with van der Waals surface area (Å²) in [5.74, 6) is 0.602. The number of Topliss-reactive ketones (excluding diaryl/α,β-unsaturated/α-hetero) is 1. The van der Waals surface area contributed by atoms with Crippen molar-refractivity contribution in [2.75, 3.05) is 40.3 Å². The first-order valence-electron chi connectivity index (χ1n) is 7.97. The third kappa shape index (κ3) is 8.11. The molecule has 1 aromatic carbocycles. The minimum absolute atomic E-state index is 0.000730. The molecular weight excluding hydrogens is 292 g/mol. The predicted octanol–water partition coefficient (Wildman–Crippen LogP) is 1.81. The van der Waals surface area contributed by atoms with Crippen LogP contribution in [0.25, 0.3) is 0 Å². The number of carbonyl (C=O) groups excluding carboxylic acids is 1. The molecule has 1 atom stereocenters. The van der Waals surface area contributed by atoms with Crippen molar-refractivity contribution in [2.24, 2.45) is 5.41 Å². The zero-order chi connectivity index (χ0) is 17.5. The molecule has 0 bridgehead atoms. The monoisotopic (exact) mass is 322 g/mol. The Labute approximate surface area is 139 Å². The summed E-state index contributed by atoms with van der Waals surface area (Å²) in [6, 6.07) is 7.01. The summed E-state index contributed by atoms with van der Waals surface area (Å²) in [4.78, 5) is 13.5. The number of hydrogen-bond acceptors (Lipinski definition) is 5. The van der Waals surface area contributed by atoms with Crippen LogP contribution in [0.3, 0.4) is 0 Å². The van der Waals surface area contributed by atoms with Crippen molar-refractivity contribution in [3.05, 3.63) is 29.8 Å². The van der Waals surface area contributed by atoms with Gasteiger partial charge < -0.3 is 20.1 Å². The fourth-order valence-electron chi connectivity index (χ4n) is 2.55. The third-order valence-electron chi connectivity index (χ3n) is 3.41. The Morgan fingerprint density at radius 3 is 2.70 bits per heavy atom. The largest absolute Gasteiger partial charge is 0.491 e. The Hall–Kier alpha value is -1.43. The number of aliphatic hydroxyl groups is 1. The number of carbonyl (C=O) groups is 1. The van der Waals surface area contributed by atoms with Crippen LogP contribution < -0.4 is 10.1 Å². The number of ketones is 1. The van der Waals surface area contributed by atoms with Crippen LogP contribution in [0, 0.1) is 5.41 Å². The van der Waals surface area contributed by atoms with Gasteiger partial charge in [0.25, 0.3) is 0 Å². The van der Waals surface area contributed by atoms with Gasteiger partial charge in [-0.05, 0) is 38.6 Å². The molecule has 23 heavy (non-hydrogen) atoms. The van der Waals surface area contributed by atoms with Crippen molar-refractivity contribution in [2.45, 2.75) is 26.9 Å². The Morgan fingerprint density at radius 2 is 2.09 bits per heavy atom. The molecule has 0 aliphatic heterocycles. The van der Waals surface area contributed by atoms with Gasteiger partial charge in [0, 0.05) is 25.2 Å². The highest BCUT2D eigenvalue weighted by atomic mass is 16.5. The average Bonchev–Trinajstić information content (AvgIpc) is 2.43. The van der Waals surface area contributed by atoms with E-state index in [0.29, 0.717) is 17.9 Å². The van der Waals surface area contributed by atoms with E-state index in [2.05, 4.69) is 38.2 Å².